The first-order chi connectivity index (χ1) is 14.5. The number of halogens is 1. The van der Waals surface area contributed by atoms with Gasteiger partial charge in [0.25, 0.3) is 0 Å². The van der Waals surface area contributed by atoms with Gasteiger partial charge >= 0.3 is 0 Å². The zero-order valence-electron chi connectivity index (χ0n) is 15.9. The number of ether oxygens (including phenoxy) is 2. The Balaban J connectivity index is 1.53. The molecule has 3 heterocycles. The van der Waals surface area contributed by atoms with Crippen LogP contribution in [-0.4, -0.2) is 30.1 Å². The van der Waals surface area contributed by atoms with Gasteiger partial charge in [-0.05, 0) is 30.0 Å². The number of hydrogen-bond acceptors (Lipinski definition) is 5. The van der Waals surface area contributed by atoms with Crippen molar-refractivity contribution in [2.24, 2.45) is 5.92 Å². The van der Waals surface area contributed by atoms with Crippen LogP contribution in [0.4, 0.5) is 4.39 Å². The van der Waals surface area contributed by atoms with E-state index in [9.17, 15) is 9.18 Å². The van der Waals surface area contributed by atoms with E-state index in [1.807, 2.05) is 30.3 Å². The number of amides is 1. The van der Waals surface area contributed by atoms with E-state index in [2.05, 4.69) is 15.6 Å². The van der Waals surface area contributed by atoms with Crippen LogP contribution in [0.1, 0.15) is 12.0 Å². The van der Waals surface area contributed by atoms with Crippen LogP contribution in [0, 0.1) is 17.1 Å². The Bertz CT molecular complexity index is 1170. The number of hydrogen-bond donors (Lipinski definition) is 3. The van der Waals surface area contributed by atoms with Crippen molar-refractivity contribution in [3.8, 4) is 11.6 Å². The largest absolute Gasteiger partial charge is 0.439 e. The van der Waals surface area contributed by atoms with E-state index in [0.29, 0.717) is 24.7 Å². The SMILES string of the molecule is N=C1NC(=O)C2CCOCC2(c2cc(Oc3cc4ccccc4cn3)ccc2F)N1. The number of nitrogens with zero attached hydrogens (tertiary/aromatic N) is 1. The number of guanidine groups is 1. The van der Waals surface area contributed by atoms with Gasteiger partial charge in [-0.15, -0.1) is 0 Å². The van der Waals surface area contributed by atoms with Crippen LogP contribution in [-0.2, 0) is 15.1 Å². The summed E-state index contributed by atoms with van der Waals surface area (Å²) in [5.74, 6) is -0.801. The first-order valence-electron chi connectivity index (χ1n) is 9.63. The highest BCUT2D eigenvalue weighted by molar-refractivity contribution is 6.00. The second kappa shape index (κ2) is 7.07. The van der Waals surface area contributed by atoms with Crippen LogP contribution in [0.2, 0.25) is 0 Å². The van der Waals surface area contributed by atoms with Crippen LogP contribution < -0.4 is 15.4 Å². The maximum Gasteiger partial charge on any atom is 0.232 e. The first kappa shape index (κ1) is 18.5. The van der Waals surface area contributed by atoms with E-state index >= 15 is 0 Å². The summed E-state index contributed by atoms with van der Waals surface area (Å²) in [5.41, 5.74) is -0.942. The van der Waals surface area contributed by atoms with Crippen molar-refractivity contribution in [2.75, 3.05) is 13.2 Å². The van der Waals surface area contributed by atoms with Crippen LogP contribution >= 0.6 is 0 Å². The fourth-order valence-electron chi connectivity index (χ4n) is 4.21. The van der Waals surface area contributed by atoms with Crippen molar-refractivity contribution < 1.29 is 18.7 Å². The quantitative estimate of drug-likeness (QED) is 0.621. The minimum absolute atomic E-state index is 0.0715. The number of pyridine rings is 1. The molecule has 3 N–H and O–H groups in total. The Morgan fingerprint density at radius 1 is 1.20 bits per heavy atom. The van der Waals surface area contributed by atoms with Gasteiger partial charge in [-0.3, -0.25) is 15.5 Å². The monoisotopic (exact) mass is 406 g/mol. The third-order valence-corrected chi connectivity index (χ3v) is 5.63. The summed E-state index contributed by atoms with van der Waals surface area (Å²) in [4.78, 5) is 16.8. The van der Waals surface area contributed by atoms with E-state index in [4.69, 9.17) is 14.9 Å². The van der Waals surface area contributed by atoms with Crippen molar-refractivity contribution in [2.45, 2.75) is 12.0 Å². The predicted molar refractivity (Wildman–Crippen MR) is 108 cm³/mol. The van der Waals surface area contributed by atoms with E-state index in [1.54, 1.807) is 12.3 Å². The van der Waals surface area contributed by atoms with E-state index in [-0.39, 0.29) is 24.0 Å². The lowest BCUT2D eigenvalue weighted by Crippen LogP contribution is -2.68. The van der Waals surface area contributed by atoms with Gasteiger partial charge in [-0.1, -0.05) is 24.3 Å². The van der Waals surface area contributed by atoms with Gasteiger partial charge in [-0.2, -0.15) is 0 Å². The normalized spacial score (nSPS) is 23.4. The lowest BCUT2D eigenvalue weighted by molar-refractivity contribution is -0.134. The average Bonchev–Trinajstić information content (AvgIpc) is 2.75. The molecular formula is C22H19FN4O3. The Morgan fingerprint density at radius 2 is 2.03 bits per heavy atom. The molecule has 0 spiro atoms. The molecule has 1 aromatic heterocycles. The Labute approximate surface area is 171 Å². The van der Waals surface area contributed by atoms with Crippen LogP contribution in [0.15, 0.2) is 54.7 Å². The molecule has 0 aliphatic carbocycles. The Morgan fingerprint density at radius 3 is 2.90 bits per heavy atom. The second-order valence-corrected chi connectivity index (χ2v) is 7.47. The standard InChI is InChI=1S/C22H19FN4O3/c23-18-6-5-15(30-19-9-13-3-1-2-4-14(13)11-25-19)10-17(18)22-12-29-8-7-16(22)20(28)26-21(24)27-22/h1-6,9-11,16H,7-8,12H2,(H3,24,26,27,28). The van der Waals surface area contributed by atoms with Gasteiger partial charge in [0.05, 0.1) is 12.5 Å². The van der Waals surface area contributed by atoms with Crippen LogP contribution in [0.5, 0.6) is 11.6 Å². The first-order valence-corrected chi connectivity index (χ1v) is 9.63. The molecule has 2 fully saturated rings. The molecule has 152 valence electrons. The lowest BCUT2D eigenvalue weighted by Gasteiger charge is -2.47. The zero-order chi connectivity index (χ0) is 20.7. The minimum Gasteiger partial charge on any atom is -0.439 e. The van der Waals surface area contributed by atoms with Gasteiger partial charge in [0, 0.05) is 29.8 Å². The van der Waals surface area contributed by atoms with Crippen molar-refractivity contribution in [1.82, 2.24) is 15.6 Å². The van der Waals surface area contributed by atoms with Crippen molar-refractivity contribution >= 4 is 22.6 Å². The zero-order valence-corrected chi connectivity index (χ0v) is 15.9. The smallest absolute Gasteiger partial charge is 0.232 e. The molecule has 5 rings (SSSR count). The Kier molecular flexibility index (Phi) is 4.36. The highest BCUT2D eigenvalue weighted by Gasteiger charge is 2.52. The fraction of sp³-hybridized carbons (Fsp3) is 0.227. The van der Waals surface area contributed by atoms with E-state index in [1.165, 1.54) is 12.1 Å². The topological polar surface area (TPSA) is 96.3 Å². The molecule has 2 aromatic carbocycles. The Hall–Kier alpha value is -3.52. The summed E-state index contributed by atoms with van der Waals surface area (Å²) >= 11 is 0. The summed E-state index contributed by atoms with van der Waals surface area (Å²) in [6, 6.07) is 13.9. The number of aromatic nitrogens is 1. The average molecular weight is 406 g/mol. The number of carbonyl (C=O) groups excluding carboxylic acids is 1. The molecule has 2 saturated heterocycles. The molecule has 0 saturated carbocycles. The molecule has 0 radical (unpaired) electrons. The molecule has 2 unspecified atom stereocenters. The molecule has 0 bridgehead atoms. The van der Waals surface area contributed by atoms with Gasteiger partial charge in [0.2, 0.25) is 11.8 Å². The summed E-state index contributed by atoms with van der Waals surface area (Å²) in [6.45, 7) is 0.468. The maximum atomic E-state index is 15.0. The van der Waals surface area contributed by atoms with E-state index < -0.39 is 17.3 Å². The number of fused-ring (bicyclic) bond motifs is 2. The van der Waals surface area contributed by atoms with Gasteiger partial charge < -0.3 is 14.8 Å². The van der Waals surface area contributed by atoms with Crippen molar-refractivity contribution in [3.63, 3.8) is 0 Å². The minimum atomic E-state index is -1.17. The lowest BCUT2D eigenvalue weighted by atomic mass is 9.73. The van der Waals surface area contributed by atoms with E-state index in [0.717, 1.165) is 10.8 Å². The summed E-state index contributed by atoms with van der Waals surface area (Å²) in [6.07, 6.45) is 2.13. The summed E-state index contributed by atoms with van der Waals surface area (Å²) in [5, 5.41) is 15.3. The molecule has 1 amide bonds. The predicted octanol–water partition coefficient (Wildman–Crippen LogP) is 3.05. The molecule has 3 aromatic rings. The highest BCUT2D eigenvalue weighted by Crippen LogP contribution is 2.40. The van der Waals surface area contributed by atoms with Gasteiger partial charge in [0.15, 0.2) is 5.96 Å². The molecule has 7 nitrogen and oxygen atoms in total. The number of carbonyl (C=O) groups is 1. The van der Waals surface area contributed by atoms with Gasteiger partial charge in [0.1, 0.15) is 17.1 Å². The third-order valence-electron chi connectivity index (χ3n) is 5.63. The van der Waals surface area contributed by atoms with Crippen molar-refractivity contribution in [3.05, 3.63) is 66.1 Å². The van der Waals surface area contributed by atoms with Crippen LogP contribution in [0.25, 0.3) is 10.8 Å². The number of rotatable bonds is 3. The molecule has 2 aliphatic rings. The number of nitrogens with one attached hydrogen (secondary N) is 3. The maximum absolute atomic E-state index is 15.0. The molecule has 2 aliphatic heterocycles. The molecular weight excluding hydrogens is 387 g/mol. The third kappa shape index (κ3) is 3.05. The number of benzene rings is 2. The molecule has 8 heteroatoms. The van der Waals surface area contributed by atoms with Crippen molar-refractivity contribution in [1.29, 1.82) is 5.41 Å². The van der Waals surface area contributed by atoms with Gasteiger partial charge in [-0.25, -0.2) is 9.37 Å². The molecule has 30 heavy (non-hydrogen) atoms. The fourth-order valence-corrected chi connectivity index (χ4v) is 4.21. The van der Waals surface area contributed by atoms with Crippen LogP contribution in [0.3, 0.4) is 0 Å². The summed E-state index contributed by atoms with van der Waals surface area (Å²) < 4.78 is 26.5. The second-order valence-electron chi connectivity index (χ2n) is 7.47. The highest BCUT2D eigenvalue weighted by atomic mass is 19.1. The molecule has 2 atom stereocenters. The summed E-state index contributed by atoms with van der Waals surface area (Å²) in [7, 11) is 0.